The van der Waals surface area contributed by atoms with Gasteiger partial charge in [0.25, 0.3) is 5.91 Å². The van der Waals surface area contributed by atoms with Crippen LogP contribution in [-0.4, -0.2) is 45.5 Å². The molecule has 1 amide bonds. The largest absolute Gasteiger partial charge is 0.497 e. The van der Waals surface area contributed by atoms with Crippen LogP contribution < -0.4 is 24.4 Å². The number of hydrogen-bond donors (Lipinski definition) is 2. The first-order chi connectivity index (χ1) is 13.6. The van der Waals surface area contributed by atoms with Gasteiger partial charge in [-0.3, -0.25) is 4.79 Å². The zero-order valence-electron chi connectivity index (χ0n) is 16.0. The molecule has 0 saturated heterocycles. The summed E-state index contributed by atoms with van der Waals surface area (Å²) in [5.74, 6) is 1.73. The van der Waals surface area contributed by atoms with Gasteiger partial charge in [-0.2, -0.15) is 5.10 Å². The SMILES string of the molecule is COc1cccc(/C=N/NC(=O)c2cc3cc(OC)c(OC)c(OC)c3[nH]2)c1. The molecule has 0 radical (unpaired) electrons. The van der Waals surface area contributed by atoms with Crippen LogP contribution in [0.15, 0.2) is 41.5 Å². The zero-order chi connectivity index (χ0) is 20.1. The van der Waals surface area contributed by atoms with Gasteiger partial charge in [-0.05, 0) is 29.8 Å². The molecule has 0 aliphatic carbocycles. The van der Waals surface area contributed by atoms with Gasteiger partial charge in [0.1, 0.15) is 11.4 Å². The van der Waals surface area contributed by atoms with E-state index < -0.39 is 5.91 Å². The molecule has 0 bridgehead atoms. The number of hydrogen-bond acceptors (Lipinski definition) is 6. The first-order valence-corrected chi connectivity index (χ1v) is 8.40. The fourth-order valence-corrected chi connectivity index (χ4v) is 2.81. The lowest BCUT2D eigenvalue weighted by atomic mass is 10.2. The normalized spacial score (nSPS) is 10.9. The molecule has 8 heteroatoms. The molecular formula is C20H21N3O5. The molecule has 8 nitrogen and oxygen atoms in total. The number of fused-ring (bicyclic) bond motifs is 1. The molecule has 0 aliphatic heterocycles. The number of nitrogens with zero attached hydrogens (tertiary/aromatic N) is 1. The minimum Gasteiger partial charge on any atom is -0.497 e. The van der Waals surface area contributed by atoms with Crippen molar-refractivity contribution < 1.29 is 23.7 Å². The number of carbonyl (C=O) groups excluding carboxylic acids is 1. The Labute approximate surface area is 162 Å². The maximum atomic E-state index is 12.5. The molecule has 0 spiro atoms. The van der Waals surface area contributed by atoms with Gasteiger partial charge in [0.05, 0.1) is 40.2 Å². The van der Waals surface area contributed by atoms with E-state index in [9.17, 15) is 4.79 Å². The second-order valence-electron chi connectivity index (χ2n) is 5.77. The van der Waals surface area contributed by atoms with E-state index >= 15 is 0 Å². The fraction of sp³-hybridized carbons (Fsp3) is 0.200. The fourth-order valence-electron chi connectivity index (χ4n) is 2.81. The number of ether oxygens (including phenoxy) is 4. The van der Waals surface area contributed by atoms with Crippen LogP contribution in [0, 0.1) is 0 Å². The molecule has 28 heavy (non-hydrogen) atoms. The quantitative estimate of drug-likeness (QED) is 0.483. The molecule has 3 aromatic rings. The summed E-state index contributed by atoms with van der Waals surface area (Å²) in [6.45, 7) is 0. The first-order valence-electron chi connectivity index (χ1n) is 8.40. The first kappa shape index (κ1) is 19.1. The number of H-pyrrole nitrogens is 1. The maximum absolute atomic E-state index is 12.5. The van der Waals surface area contributed by atoms with Gasteiger partial charge in [0.2, 0.25) is 5.75 Å². The number of amides is 1. The monoisotopic (exact) mass is 383 g/mol. The summed E-state index contributed by atoms with van der Waals surface area (Å²) < 4.78 is 21.3. The number of aromatic amines is 1. The number of rotatable bonds is 7. The van der Waals surface area contributed by atoms with Crippen molar-refractivity contribution in [2.75, 3.05) is 28.4 Å². The Morgan fingerprint density at radius 2 is 1.79 bits per heavy atom. The number of carbonyl (C=O) groups is 1. The molecule has 0 atom stereocenters. The van der Waals surface area contributed by atoms with E-state index in [0.717, 1.165) is 10.9 Å². The Morgan fingerprint density at radius 1 is 1.00 bits per heavy atom. The minimum absolute atomic E-state index is 0.325. The number of aromatic nitrogens is 1. The average molecular weight is 383 g/mol. The standard InChI is InChI=1S/C20H21N3O5/c1-25-14-7-5-6-12(8-14)11-21-23-20(24)15-9-13-10-16(26-2)18(27-3)19(28-4)17(13)22-15/h5-11,22H,1-4H3,(H,23,24)/b21-11+. The highest BCUT2D eigenvalue weighted by Crippen LogP contribution is 2.43. The Balaban J connectivity index is 1.84. The van der Waals surface area contributed by atoms with E-state index in [1.807, 2.05) is 24.3 Å². The third-order valence-electron chi connectivity index (χ3n) is 4.14. The summed E-state index contributed by atoms with van der Waals surface area (Å²) in [7, 11) is 6.18. The second kappa shape index (κ2) is 8.34. The summed E-state index contributed by atoms with van der Waals surface area (Å²) >= 11 is 0. The number of methoxy groups -OCH3 is 4. The molecule has 2 N–H and O–H groups in total. The summed E-state index contributed by atoms with van der Waals surface area (Å²) in [4.78, 5) is 15.5. The summed E-state index contributed by atoms with van der Waals surface area (Å²) in [6.07, 6.45) is 1.54. The topological polar surface area (TPSA) is 94.2 Å². The molecular weight excluding hydrogens is 362 g/mol. The van der Waals surface area contributed by atoms with Crippen LogP contribution in [0.3, 0.4) is 0 Å². The van der Waals surface area contributed by atoms with Crippen LogP contribution in [0.25, 0.3) is 10.9 Å². The molecule has 1 aromatic heterocycles. The zero-order valence-corrected chi connectivity index (χ0v) is 16.0. The summed E-state index contributed by atoms with van der Waals surface area (Å²) in [5, 5.41) is 4.74. The highest BCUT2D eigenvalue weighted by atomic mass is 16.5. The van der Waals surface area contributed by atoms with Crippen molar-refractivity contribution in [1.29, 1.82) is 0 Å². The Kier molecular flexibility index (Phi) is 5.69. The van der Waals surface area contributed by atoms with Crippen LogP contribution in [0.2, 0.25) is 0 Å². The van der Waals surface area contributed by atoms with Crippen molar-refractivity contribution in [2.24, 2.45) is 5.10 Å². The van der Waals surface area contributed by atoms with Crippen LogP contribution in [0.4, 0.5) is 0 Å². The predicted molar refractivity (Wildman–Crippen MR) is 106 cm³/mol. The van der Waals surface area contributed by atoms with Gasteiger partial charge in [-0.1, -0.05) is 12.1 Å². The Bertz CT molecular complexity index is 1030. The van der Waals surface area contributed by atoms with Crippen molar-refractivity contribution in [1.82, 2.24) is 10.4 Å². The number of nitrogens with one attached hydrogen (secondary N) is 2. The third-order valence-corrected chi connectivity index (χ3v) is 4.14. The van der Waals surface area contributed by atoms with Gasteiger partial charge >= 0.3 is 0 Å². The smallest absolute Gasteiger partial charge is 0.287 e. The van der Waals surface area contributed by atoms with Crippen molar-refractivity contribution in [3.63, 3.8) is 0 Å². The highest BCUT2D eigenvalue weighted by molar-refractivity contribution is 6.01. The molecule has 0 fully saturated rings. The van der Waals surface area contributed by atoms with Crippen LogP contribution in [0.5, 0.6) is 23.0 Å². The van der Waals surface area contributed by atoms with Crippen LogP contribution in [0.1, 0.15) is 16.1 Å². The number of benzene rings is 2. The van der Waals surface area contributed by atoms with Crippen LogP contribution in [-0.2, 0) is 0 Å². The second-order valence-corrected chi connectivity index (χ2v) is 5.77. The number of hydrazone groups is 1. The van der Waals surface area contributed by atoms with Gasteiger partial charge < -0.3 is 23.9 Å². The van der Waals surface area contributed by atoms with Crippen LogP contribution >= 0.6 is 0 Å². The minimum atomic E-state index is -0.393. The van der Waals surface area contributed by atoms with Gasteiger partial charge in [0, 0.05) is 5.39 Å². The molecule has 146 valence electrons. The predicted octanol–water partition coefficient (Wildman–Crippen LogP) is 2.97. The lowest BCUT2D eigenvalue weighted by Gasteiger charge is -2.12. The molecule has 2 aromatic carbocycles. The van der Waals surface area contributed by atoms with Gasteiger partial charge in [0.15, 0.2) is 11.5 Å². The molecule has 0 saturated carbocycles. The Morgan fingerprint density at radius 3 is 2.46 bits per heavy atom. The van der Waals surface area contributed by atoms with E-state index in [0.29, 0.717) is 34.2 Å². The lowest BCUT2D eigenvalue weighted by Crippen LogP contribution is -2.17. The summed E-state index contributed by atoms with van der Waals surface area (Å²) in [5.41, 5.74) is 4.25. The van der Waals surface area contributed by atoms with E-state index in [-0.39, 0.29) is 0 Å². The molecule has 3 rings (SSSR count). The average Bonchev–Trinajstić information content (AvgIpc) is 3.16. The van der Waals surface area contributed by atoms with Crippen molar-refractivity contribution in [3.05, 3.63) is 47.7 Å². The van der Waals surface area contributed by atoms with E-state index in [4.69, 9.17) is 18.9 Å². The molecule has 1 heterocycles. The van der Waals surface area contributed by atoms with E-state index in [2.05, 4.69) is 15.5 Å². The summed E-state index contributed by atoms with van der Waals surface area (Å²) in [6, 6.07) is 10.8. The lowest BCUT2D eigenvalue weighted by molar-refractivity contribution is 0.0951. The van der Waals surface area contributed by atoms with Crippen molar-refractivity contribution >= 4 is 23.0 Å². The van der Waals surface area contributed by atoms with Crippen molar-refractivity contribution in [3.8, 4) is 23.0 Å². The third kappa shape index (κ3) is 3.71. The van der Waals surface area contributed by atoms with Crippen molar-refractivity contribution in [2.45, 2.75) is 0 Å². The molecule has 0 aliphatic rings. The maximum Gasteiger partial charge on any atom is 0.287 e. The van der Waals surface area contributed by atoms with E-state index in [1.165, 1.54) is 27.5 Å². The van der Waals surface area contributed by atoms with Gasteiger partial charge in [-0.25, -0.2) is 5.43 Å². The van der Waals surface area contributed by atoms with E-state index in [1.54, 1.807) is 19.2 Å². The van der Waals surface area contributed by atoms with Gasteiger partial charge in [-0.15, -0.1) is 0 Å². The Hall–Kier alpha value is -3.68. The highest BCUT2D eigenvalue weighted by Gasteiger charge is 2.19. The molecule has 0 unspecified atom stereocenters.